The minimum absolute atomic E-state index is 0.0243. The Balaban J connectivity index is 1.74. The largest absolute Gasteiger partial charge is 0.494 e. The molecular formula is C23H24N4O4. The molecule has 1 aliphatic heterocycles. The van der Waals surface area contributed by atoms with Gasteiger partial charge in [0.2, 0.25) is 5.95 Å². The number of carbonyl (C=O) groups excluding carboxylic acids is 1. The highest BCUT2D eigenvalue weighted by atomic mass is 16.5. The number of aromatic nitrogens is 3. The summed E-state index contributed by atoms with van der Waals surface area (Å²) < 4.78 is 11.0. The predicted octanol–water partition coefficient (Wildman–Crippen LogP) is 2.74. The van der Waals surface area contributed by atoms with Crippen LogP contribution in [0.3, 0.4) is 0 Å². The first-order valence-electron chi connectivity index (χ1n) is 10.7. The van der Waals surface area contributed by atoms with Crippen molar-refractivity contribution in [1.82, 2.24) is 15.0 Å². The number of benzene rings is 1. The van der Waals surface area contributed by atoms with Crippen molar-refractivity contribution in [3.8, 4) is 16.9 Å². The molecule has 1 saturated heterocycles. The number of pyridine rings is 1. The van der Waals surface area contributed by atoms with Crippen LogP contribution in [0.25, 0.3) is 22.2 Å². The Morgan fingerprint density at radius 2 is 1.84 bits per heavy atom. The maximum atomic E-state index is 13.3. The number of aryl methyl sites for hydroxylation is 1. The fourth-order valence-corrected chi connectivity index (χ4v) is 4.33. The Morgan fingerprint density at radius 1 is 1.06 bits per heavy atom. The number of nitrogens with one attached hydrogen (secondary N) is 1. The van der Waals surface area contributed by atoms with E-state index in [1.807, 2.05) is 36.1 Å². The van der Waals surface area contributed by atoms with Gasteiger partial charge in [0.15, 0.2) is 11.4 Å². The number of nitrogens with zero attached hydrogens (tertiary/aromatic N) is 3. The average Bonchev–Trinajstić information content (AvgIpc) is 2.79. The molecule has 1 aromatic carbocycles. The van der Waals surface area contributed by atoms with E-state index in [1.165, 1.54) is 0 Å². The second kappa shape index (κ2) is 8.11. The van der Waals surface area contributed by atoms with Gasteiger partial charge in [-0.3, -0.25) is 14.6 Å². The highest BCUT2D eigenvalue weighted by Crippen LogP contribution is 2.35. The van der Waals surface area contributed by atoms with Gasteiger partial charge in [-0.1, -0.05) is 12.1 Å². The Morgan fingerprint density at radius 3 is 2.58 bits per heavy atom. The molecule has 2 aromatic heterocycles. The highest BCUT2D eigenvalue weighted by molar-refractivity contribution is 6.10. The molecule has 0 amide bonds. The van der Waals surface area contributed by atoms with Crippen LogP contribution in [-0.4, -0.2) is 53.6 Å². The molecule has 0 spiro atoms. The molecule has 0 unspecified atom stereocenters. The zero-order valence-corrected chi connectivity index (χ0v) is 17.4. The van der Waals surface area contributed by atoms with Gasteiger partial charge in [-0.2, -0.15) is 4.98 Å². The number of hydrogen-bond acceptors (Lipinski definition) is 7. The van der Waals surface area contributed by atoms with Crippen LogP contribution in [0.5, 0.6) is 5.75 Å². The normalized spacial score (nSPS) is 16.4. The molecule has 5 rings (SSSR count). The number of hydrogen-bond donors (Lipinski definition) is 1. The smallest absolute Gasteiger partial charge is 0.262 e. The van der Waals surface area contributed by atoms with E-state index in [2.05, 4.69) is 9.97 Å². The van der Waals surface area contributed by atoms with E-state index >= 15 is 0 Å². The standard InChI is InChI=1S/C23H24N4O4/c1-2-31-15-8-6-14(7-9-15)18-19-16(4-3-5-17(19)28)24-21-20(18)22(29)26-23(25-21)27-10-12-30-13-11-27/h6-9H,2-5,10-13H2,1H3,(H,24,25,26,29). The molecule has 8 heteroatoms. The number of morpholine rings is 1. The van der Waals surface area contributed by atoms with Crippen LogP contribution in [0.4, 0.5) is 5.95 Å². The van der Waals surface area contributed by atoms with Gasteiger partial charge in [0.25, 0.3) is 5.56 Å². The van der Waals surface area contributed by atoms with Crippen molar-refractivity contribution in [2.75, 3.05) is 37.8 Å². The van der Waals surface area contributed by atoms with Gasteiger partial charge in [0, 0.05) is 30.6 Å². The van der Waals surface area contributed by atoms with Gasteiger partial charge in [-0.05, 0) is 37.5 Å². The number of Topliss-reactive ketones (excluding diaryl/α,β-unsaturated/α-hetero) is 1. The Kier molecular flexibility index (Phi) is 5.15. The fraction of sp³-hybridized carbons (Fsp3) is 0.391. The Hall–Kier alpha value is -3.26. The topological polar surface area (TPSA) is 97.4 Å². The number of aromatic amines is 1. The van der Waals surface area contributed by atoms with E-state index in [-0.39, 0.29) is 11.3 Å². The fourth-order valence-electron chi connectivity index (χ4n) is 4.33. The van der Waals surface area contributed by atoms with Crippen LogP contribution in [-0.2, 0) is 11.2 Å². The molecule has 1 N–H and O–H groups in total. The number of ether oxygens (including phenoxy) is 2. The Labute approximate surface area is 179 Å². The Bertz CT molecular complexity index is 1200. The minimum Gasteiger partial charge on any atom is -0.494 e. The van der Waals surface area contributed by atoms with Crippen molar-refractivity contribution < 1.29 is 14.3 Å². The molecule has 0 saturated carbocycles. The first-order chi connectivity index (χ1) is 15.2. The van der Waals surface area contributed by atoms with Crippen molar-refractivity contribution >= 4 is 22.8 Å². The van der Waals surface area contributed by atoms with Crippen LogP contribution in [0.2, 0.25) is 0 Å². The molecule has 160 valence electrons. The maximum absolute atomic E-state index is 13.3. The molecule has 0 radical (unpaired) electrons. The van der Waals surface area contributed by atoms with E-state index in [0.717, 1.165) is 23.4 Å². The summed E-state index contributed by atoms with van der Waals surface area (Å²) in [5, 5.41) is 0.357. The molecule has 31 heavy (non-hydrogen) atoms. The van der Waals surface area contributed by atoms with Gasteiger partial charge in [0.1, 0.15) is 5.75 Å². The number of anilines is 1. The van der Waals surface area contributed by atoms with Gasteiger partial charge in [-0.25, -0.2) is 4.98 Å². The second-order valence-electron chi connectivity index (χ2n) is 7.73. The van der Waals surface area contributed by atoms with Crippen molar-refractivity contribution in [2.24, 2.45) is 0 Å². The highest BCUT2D eigenvalue weighted by Gasteiger charge is 2.28. The van der Waals surface area contributed by atoms with Crippen molar-refractivity contribution in [2.45, 2.75) is 26.2 Å². The molecule has 8 nitrogen and oxygen atoms in total. The van der Waals surface area contributed by atoms with Gasteiger partial charge in [-0.15, -0.1) is 0 Å². The summed E-state index contributed by atoms with van der Waals surface area (Å²) in [4.78, 5) is 40.4. The van der Waals surface area contributed by atoms with E-state index in [4.69, 9.17) is 14.5 Å². The number of rotatable bonds is 4. The van der Waals surface area contributed by atoms with Crippen LogP contribution in [0, 0.1) is 0 Å². The third-order valence-electron chi connectivity index (χ3n) is 5.78. The van der Waals surface area contributed by atoms with E-state index in [9.17, 15) is 9.59 Å². The number of H-pyrrole nitrogens is 1. The minimum atomic E-state index is -0.288. The summed E-state index contributed by atoms with van der Waals surface area (Å²) in [6.45, 7) is 4.99. The molecule has 1 aliphatic carbocycles. The number of ketones is 1. The zero-order valence-electron chi connectivity index (χ0n) is 17.4. The molecule has 1 fully saturated rings. The summed E-state index contributed by atoms with van der Waals surface area (Å²) >= 11 is 0. The van der Waals surface area contributed by atoms with Crippen molar-refractivity contribution in [3.05, 3.63) is 45.9 Å². The summed E-state index contributed by atoms with van der Waals surface area (Å²) in [5.41, 5.74) is 2.77. The second-order valence-corrected chi connectivity index (χ2v) is 7.73. The quantitative estimate of drug-likeness (QED) is 0.693. The molecule has 0 atom stereocenters. The molecule has 3 aromatic rings. The zero-order chi connectivity index (χ0) is 21.4. The van der Waals surface area contributed by atoms with Crippen LogP contribution in [0.1, 0.15) is 35.8 Å². The van der Waals surface area contributed by atoms with E-state index in [0.29, 0.717) is 73.9 Å². The lowest BCUT2D eigenvalue weighted by Gasteiger charge is -2.27. The van der Waals surface area contributed by atoms with E-state index < -0.39 is 0 Å². The van der Waals surface area contributed by atoms with Crippen molar-refractivity contribution in [1.29, 1.82) is 0 Å². The number of fused-ring (bicyclic) bond motifs is 2. The lowest BCUT2D eigenvalue weighted by Crippen LogP contribution is -2.38. The summed E-state index contributed by atoms with van der Waals surface area (Å²) in [5.74, 6) is 1.26. The van der Waals surface area contributed by atoms with Gasteiger partial charge >= 0.3 is 0 Å². The third-order valence-corrected chi connectivity index (χ3v) is 5.78. The van der Waals surface area contributed by atoms with Gasteiger partial charge in [0.05, 0.1) is 30.9 Å². The maximum Gasteiger partial charge on any atom is 0.262 e. The summed E-state index contributed by atoms with van der Waals surface area (Å²) in [6, 6.07) is 7.48. The third kappa shape index (κ3) is 3.57. The molecule has 0 bridgehead atoms. The molecule has 3 heterocycles. The van der Waals surface area contributed by atoms with Crippen LogP contribution in [0.15, 0.2) is 29.1 Å². The SMILES string of the molecule is CCOc1ccc(-c2c3c(nc4nc(N5CCOCC5)[nH]c(=O)c24)CCCC3=O)cc1. The van der Waals surface area contributed by atoms with Crippen LogP contribution >= 0.6 is 0 Å². The van der Waals surface area contributed by atoms with Crippen molar-refractivity contribution in [3.63, 3.8) is 0 Å². The monoisotopic (exact) mass is 420 g/mol. The lowest BCUT2D eigenvalue weighted by atomic mass is 9.87. The summed E-state index contributed by atoms with van der Waals surface area (Å²) in [7, 11) is 0. The number of carbonyl (C=O) groups is 1. The first kappa shape index (κ1) is 19.7. The average molecular weight is 420 g/mol. The lowest BCUT2D eigenvalue weighted by molar-refractivity contribution is 0.0972. The molecular weight excluding hydrogens is 396 g/mol. The van der Waals surface area contributed by atoms with Crippen LogP contribution < -0.4 is 15.2 Å². The summed E-state index contributed by atoms with van der Waals surface area (Å²) in [6.07, 6.45) is 1.91. The van der Waals surface area contributed by atoms with Gasteiger partial charge < -0.3 is 14.4 Å². The van der Waals surface area contributed by atoms with E-state index in [1.54, 1.807) is 0 Å². The first-order valence-corrected chi connectivity index (χ1v) is 10.7. The predicted molar refractivity (Wildman–Crippen MR) is 117 cm³/mol. The molecule has 2 aliphatic rings.